The van der Waals surface area contributed by atoms with Crippen LogP contribution in [0, 0.1) is 0 Å². The Balaban J connectivity index is 1.25. The molecule has 2 N–H and O–H groups in total. The fraction of sp³-hybridized carbons (Fsp3) is 0.484. The molecule has 0 saturated carbocycles. The average Bonchev–Trinajstić information content (AvgIpc) is 3.66. The van der Waals surface area contributed by atoms with Crippen LogP contribution < -0.4 is 20.4 Å². The first-order chi connectivity index (χ1) is 19.7. The number of aromatic nitrogens is 3. The van der Waals surface area contributed by atoms with E-state index in [1.165, 1.54) is 12.0 Å². The van der Waals surface area contributed by atoms with Gasteiger partial charge < -0.3 is 25.0 Å². The summed E-state index contributed by atoms with van der Waals surface area (Å²) >= 11 is 0. The SMILES string of the molecule is C[C@H]1COC(=O)N1c1cccc(N2c3nc(Nc4ccc([C@H]5CCNC5)cc4)ncc3[C@@]3(C)COC(C)(C)C[C@@H]23)n1. The second-order valence-corrected chi connectivity index (χ2v) is 12.6. The monoisotopic (exact) mass is 555 g/mol. The smallest absolute Gasteiger partial charge is 0.415 e. The Kier molecular flexibility index (Phi) is 6.17. The Bertz CT molecular complexity index is 1470. The van der Waals surface area contributed by atoms with Gasteiger partial charge in [0.25, 0.3) is 0 Å². The van der Waals surface area contributed by atoms with E-state index in [9.17, 15) is 4.79 Å². The van der Waals surface area contributed by atoms with Crippen molar-refractivity contribution in [1.82, 2.24) is 20.3 Å². The van der Waals surface area contributed by atoms with Crippen molar-refractivity contribution in [2.45, 2.75) is 69.6 Å². The Morgan fingerprint density at radius 1 is 1.05 bits per heavy atom. The van der Waals surface area contributed by atoms with Gasteiger partial charge in [0.15, 0.2) is 0 Å². The van der Waals surface area contributed by atoms with Crippen LogP contribution in [0.15, 0.2) is 48.7 Å². The number of nitrogens with zero attached hydrogens (tertiary/aromatic N) is 5. The van der Waals surface area contributed by atoms with Gasteiger partial charge in [0.05, 0.1) is 24.3 Å². The van der Waals surface area contributed by atoms with E-state index < -0.39 is 0 Å². The van der Waals surface area contributed by atoms with Crippen LogP contribution in [0.5, 0.6) is 0 Å². The van der Waals surface area contributed by atoms with Gasteiger partial charge in [-0.1, -0.05) is 25.1 Å². The number of pyridine rings is 1. The molecule has 0 radical (unpaired) electrons. The molecule has 0 bridgehead atoms. The minimum atomic E-state index is -0.370. The van der Waals surface area contributed by atoms with Crippen LogP contribution in [0.4, 0.5) is 33.9 Å². The second-order valence-electron chi connectivity index (χ2n) is 12.6. The summed E-state index contributed by atoms with van der Waals surface area (Å²) in [4.78, 5) is 31.1. The first kappa shape index (κ1) is 26.2. The second kappa shape index (κ2) is 9.66. The Morgan fingerprint density at radius 3 is 2.54 bits per heavy atom. The molecule has 4 atom stereocenters. The summed E-state index contributed by atoms with van der Waals surface area (Å²) in [5.74, 6) is 3.22. The van der Waals surface area contributed by atoms with Gasteiger partial charge in [0, 0.05) is 29.4 Å². The van der Waals surface area contributed by atoms with Crippen LogP contribution in [-0.4, -0.2) is 65.0 Å². The predicted octanol–water partition coefficient (Wildman–Crippen LogP) is 5.01. The third kappa shape index (κ3) is 4.49. The number of carbonyl (C=O) groups is 1. The fourth-order valence-corrected chi connectivity index (χ4v) is 6.68. The molecule has 10 heteroatoms. The van der Waals surface area contributed by atoms with Crippen LogP contribution in [0.1, 0.15) is 57.6 Å². The molecule has 214 valence electrons. The number of carbonyl (C=O) groups excluding carboxylic acids is 1. The standard InChI is InChI=1S/C31H37N7O3/c1-19-17-40-29(39)37(19)25-6-5-7-26(35-25)38-24-14-30(2,3)41-18-31(24,4)23-16-33-28(36-27(23)38)34-22-10-8-20(9-11-22)21-12-13-32-15-21/h5-11,16,19,21,24,32H,12-15,17-18H2,1-4H3,(H,33,34,36)/t19-,21-,24+,31+/m0/s1. The highest BCUT2D eigenvalue weighted by molar-refractivity contribution is 5.89. The molecule has 10 nitrogen and oxygen atoms in total. The molecule has 41 heavy (non-hydrogen) atoms. The van der Waals surface area contributed by atoms with Gasteiger partial charge >= 0.3 is 6.09 Å². The summed E-state index contributed by atoms with van der Waals surface area (Å²) in [5.41, 5.74) is 2.70. The number of anilines is 5. The van der Waals surface area contributed by atoms with Crippen molar-refractivity contribution in [2.24, 2.45) is 0 Å². The number of hydrogen-bond acceptors (Lipinski definition) is 9. The number of ether oxygens (including phenoxy) is 2. The van der Waals surface area contributed by atoms with Crippen LogP contribution >= 0.6 is 0 Å². The first-order valence-electron chi connectivity index (χ1n) is 14.5. The zero-order valence-electron chi connectivity index (χ0n) is 24.1. The van der Waals surface area contributed by atoms with Crippen molar-refractivity contribution >= 4 is 35.2 Å². The van der Waals surface area contributed by atoms with Gasteiger partial charge in [-0.3, -0.25) is 4.90 Å². The summed E-state index contributed by atoms with van der Waals surface area (Å²) in [5, 5.41) is 6.86. The number of amides is 1. The lowest BCUT2D eigenvalue weighted by atomic mass is 9.73. The highest BCUT2D eigenvalue weighted by atomic mass is 16.6. The fourth-order valence-electron chi connectivity index (χ4n) is 6.68. The molecule has 3 aromatic rings. The molecule has 2 aromatic heterocycles. The lowest BCUT2D eigenvalue weighted by molar-refractivity contribution is -0.0893. The maximum absolute atomic E-state index is 12.5. The molecule has 0 aliphatic carbocycles. The average molecular weight is 556 g/mol. The third-order valence-electron chi connectivity index (χ3n) is 9.10. The van der Waals surface area contributed by atoms with Gasteiger partial charge in [-0.15, -0.1) is 0 Å². The Labute approximate surface area is 240 Å². The molecule has 4 aliphatic heterocycles. The third-order valence-corrected chi connectivity index (χ3v) is 9.10. The molecule has 0 unspecified atom stereocenters. The molecule has 7 rings (SSSR count). The van der Waals surface area contributed by atoms with Crippen LogP contribution in [-0.2, 0) is 14.9 Å². The molecular weight excluding hydrogens is 518 g/mol. The summed E-state index contributed by atoms with van der Waals surface area (Å²) in [6.07, 6.45) is 3.52. The predicted molar refractivity (Wildman–Crippen MR) is 157 cm³/mol. The molecule has 1 aromatic carbocycles. The van der Waals surface area contributed by atoms with Crippen molar-refractivity contribution in [2.75, 3.05) is 41.4 Å². The largest absolute Gasteiger partial charge is 0.447 e. The van der Waals surface area contributed by atoms with E-state index in [-0.39, 0.29) is 29.2 Å². The number of fused-ring (bicyclic) bond motifs is 3. The molecule has 1 amide bonds. The van der Waals surface area contributed by atoms with Gasteiger partial charge in [-0.25, -0.2) is 14.8 Å². The zero-order valence-corrected chi connectivity index (χ0v) is 24.1. The van der Waals surface area contributed by atoms with Crippen LogP contribution in [0.2, 0.25) is 0 Å². The first-order valence-corrected chi connectivity index (χ1v) is 14.5. The molecule has 6 heterocycles. The minimum absolute atomic E-state index is 0.0517. The van der Waals surface area contributed by atoms with Crippen molar-refractivity contribution in [1.29, 1.82) is 0 Å². The molecular formula is C31H37N7O3. The highest BCUT2D eigenvalue weighted by Gasteiger charge is 2.55. The van der Waals surface area contributed by atoms with Crippen molar-refractivity contribution in [3.63, 3.8) is 0 Å². The van der Waals surface area contributed by atoms with Crippen molar-refractivity contribution in [3.05, 3.63) is 59.8 Å². The van der Waals surface area contributed by atoms with Gasteiger partial charge in [0.2, 0.25) is 5.95 Å². The van der Waals surface area contributed by atoms with Crippen LogP contribution in [0.3, 0.4) is 0 Å². The summed E-state index contributed by atoms with van der Waals surface area (Å²) in [6.45, 7) is 11.5. The van der Waals surface area contributed by atoms with E-state index in [4.69, 9.17) is 24.4 Å². The Morgan fingerprint density at radius 2 is 1.83 bits per heavy atom. The number of benzene rings is 1. The summed E-state index contributed by atoms with van der Waals surface area (Å²) in [7, 11) is 0. The van der Waals surface area contributed by atoms with E-state index in [0.717, 1.165) is 42.4 Å². The van der Waals surface area contributed by atoms with Crippen molar-refractivity contribution < 1.29 is 14.3 Å². The van der Waals surface area contributed by atoms with E-state index in [1.807, 2.05) is 31.3 Å². The maximum atomic E-state index is 12.5. The van der Waals surface area contributed by atoms with Gasteiger partial charge in [-0.05, 0) is 75.9 Å². The number of nitrogens with one attached hydrogen (secondary N) is 2. The topological polar surface area (TPSA) is 105 Å². The van der Waals surface area contributed by atoms with E-state index >= 15 is 0 Å². The van der Waals surface area contributed by atoms with Gasteiger partial charge in [-0.2, -0.15) is 4.98 Å². The molecule has 3 fully saturated rings. The molecule has 4 aliphatic rings. The maximum Gasteiger partial charge on any atom is 0.415 e. The van der Waals surface area contributed by atoms with E-state index in [0.29, 0.717) is 30.9 Å². The summed E-state index contributed by atoms with van der Waals surface area (Å²) < 4.78 is 11.6. The van der Waals surface area contributed by atoms with Crippen LogP contribution in [0.25, 0.3) is 0 Å². The van der Waals surface area contributed by atoms with Gasteiger partial charge in [0.1, 0.15) is 24.1 Å². The van der Waals surface area contributed by atoms with E-state index in [1.54, 1.807) is 4.90 Å². The summed E-state index contributed by atoms with van der Waals surface area (Å²) in [6, 6.07) is 14.3. The number of rotatable bonds is 5. The lowest BCUT2D eigenvalue weighted by Crippen LogP contribution is -2.54. The quantitative estimate of drug-likeness (QED) is 0.449. The van der Waals surface area contributed by atoms with Crippen molar-refractivity contribution in [3.8, 4) is 0 Å². The molecule has 3 saturated heterocycles. The lowest BCUT2D eigenvalue weighted by Gasteiger charge is -2.46. The molecule has 0 spiro atoms. The zero-order chi connectivity index (χ0) is 28.4. The van der Waals surface area contributed by atoms with E-state index in [2.05, 4.69) is 60.6 Å². The Hall–Kier alpha value is -3.76. The number of hydrogen-bond donors (Lipinski definition) is 2. The highest BCUT2D eigenvalue weighted by Crippen LogP contribution is 2.53. The number of cyclic esters (lactones) is 1. The minimum Gasteiger partial charge on any atom is -0.447 e. The normalized spacial score (nSPS) is 28.4.